The molecule has 0 saturated carbocycles. The van der Waals surface area contributed by atoms with Crippen LogP contribution in [0.2, 0.25) is 0 Å². The van der Waals surface area contributed by atoms with Crippen molar-refractivity contribution in [3.8, 4) is 0 Å². The zero-order valence-corrected chi connectivity index (χ0v) is 16.1. The minimum atomic E-state index is -0.427. The van der Waals surface area contributed by atoms with Crippen LogP contribution in [0, 0.1) is 0 Å². The van der Waals surface area contributed by atoms with Crippen LogP contribution in [0.3, 0.4) is 0 Å². The molecular weight excluding hydrogens is 370 g/mol. The Bertz CT molecular complexity index is 989. The largest absolute Gasteiger partial charge is 0.366 e. The number of primary amides is 1. The minimum Gasteiger partial charge on any atom is -0.366 e. The summed E-state index contributed by atoms with van der Waals surface area (Å²) >= 11 is 7.85. The number of nitrogens with zero attached hydrogens (tertiary/aromatic N) is 4. The van der Waals surface area contributed by atoms with Crippen molar-refractivity contribution in [3.63, 3.8) is 0 Å². The highest BCUT2D eigenvalue weighted by Gasteiger charge is 2.24. The van der Waals surface area contributed by atoms with Gasteiger partial charge in [0.25, 0.3) is 5.91 Å². The summed E-state index contributed by atoms with van der Waals surface area (Å²) in [6, 6.07) is 4.05. The second kappa shape index (κ2) is 7.06. The van der Waals surface area contributed by atoms with Crippen LogP contribution in [0.5, 0.6) is 0 Å². The second-order valence-electron chi connectivity index (χ2n) is 6.59. The van der Waals surface area contributed by atoms with Crippen molar-refractivity contribution in [2.45, 2.75) is 30.5 Å². The quantitative estimate of drug-likeness (QED) is 0.421. The summed E-state index contributed by atoms with van der Waals surface area (Å²) in [7, 11) is 0. The Labute approximate surface area is 160 Å². The van der Waals surface area contributed by atoms with E-state index in [0.717, 1.165) is 54.2 Å². The Morgan fingerprint density at radius 1 is 1.38 bits per heavy atom. The fraction of sp³-hybridized carbons (Fsp3) is 0.389. The second-order valence-corrected chi connectivity index (χ2v) is 7.84. The van der Waals surface area contributed by atoms with Crippen LogP contribution in [-0.2, 0) is 0 Å². The highest BCUT2D eigenvalue weighted by molar-refractivity contribution is 7.98. The van der Waals surface area contributed by atoms with Crippen molar-refractivity contribution in [1.29, 1.82) is 0 Å². The summed E-state index contributed by atoms with van der Waals surface area (Å²) in [5.74, 6) is -0.427. The van der Waals surface area contributed by atoms with E-state index >= 15 is 0 Å². The lowest BCUT2D eigenvalue weighted by Crippen LogP contribution is -2.22. The van der Waals surface area contributed by atoms with Crippen molar-refractivity contribution in [3.05, 3.63) is 30.1 Å². The van der Waals surface area contributed by atoms with Crippen molar-refractivity contribution in [1.82, 2.24) is 19.0 Å². The first kappa shape index (κ1) is 17.6. The third-order valence-electron chi connectivity index (χ3n) is 4.96. The van der Waals surface area contributed by atoms with Gasteiger partial charge in [0.15, 0.2) is 5.16 Å². The SMILES string of the molecule is CSc1ncc2ccc3c(C(N)=O)cn(C4CCCCN(Cl)C4)c3c2n1. The molecule has 1 atom stereocenters. The van der Waals surface area contributed by atoms with Gasteiger partial charge in [0.2, 0.25) is 0 Å². The molecular formula is C18H20ClN5OS. The number of amides is 1. The van der Waals surface area contributed by atoms with Gasteiger partial charge in [-0.3, -0.25) is 4.79 Å². The van der Waals surface area contributed by atoms with E-state index in [1.54, 1.807) is 0 Å². The molecule has 1 amide bonds. The van der Waals surface area contributed by atoms with Crippen LogP contribution >= 0.6 is 23.5 Å². The van der Waals surface area contributed by atoms with Gasteiger partial charge in [0.1, 0.15) is 0 Å². The molecule has 1 aromatic carbocycles. The van der Waals surface area contributed by atoms with Crippen molar-refractivity contribution >= 4 is 51.3 Å². The molecule has 2 N–H and O–H groups in total. The number of carbonyl (C=O) groups excluding carboxylic acids is 1. The van der Waals surface area contributed by atoms with E-state index in [4.69, 9.17) is 22.5 Å². The molecule has 1 saturated heterocycles. The Morgan fingerprint density at radius 2 is 2.23 bits per heavy atom. The normalized spacial score (nSPS) is 19.1. The number of carbonyl (C=O) groups is 1. The van der Waals surface area contributed by atoms with Crippen LogP contribution < -0.4 is 5.73 Å². The molecule has 1 aliphatic heterocycles. The monoisotopic (exact) mass is 389 g/mol. The molecule has 0 bridgehead atoms. The number of hydrogen-bond donors (Lipinski definition) is 1. The highest BCUT2D eigenvalue weighted by atomic mass is 35.5. The van der Waals surface area contributed by atoms with Gasteiger partial charge < -0.3 is 10.3 Å². The maximum atomic E-state index is 12.0. The molecule has 0 aliphatic carbocycles. The molecule has 0 radical (unpaired) electrons. The lowest BCUT2D eigenvalue weighted by molar-refractivity contribution is 0.100. The Balaban J connectivity index is 2.01. The molecule has 136 valence electrons. The van der Waals surface area contributed by atoms with Gasteiger partial charge >= 0.3 is 0 Å². The summed E-state index contributed by atoms with van der Waals surface area (Å²) in [5, 5.41) is 2.49. The molecule has 8 heteroatoms. The summed E-state index contributed by atoms with van der Waals surface area (Å²) < 4.78 is 3.98. The van der Waals surface area contributed by atoms with Gasteiger partial charge in [-0.15, -0.1) is 0 Å². The number of thioether (sulfide) groups is 1. The Kier molecular flexibility index (Phi) is 4.77. The Hall–Kier alpha value is -1.83. The van der Waals surface area contributed by atoms with E-state index in [1.165, 1.54) is 11.8 Å². The van der Waals surface area contributed by atoms with Crippen molar-refractivity contribution in [2.75, 3.05) is 19.3 Å². The van der Waals surface area contributed by atoms with Crippen LogP contribution in [0.1, 0.15) is 35.7 Å². The number of fused-ring (bicyclic) bond motifs is 3. The molecule has 1 fully saturated rings. The lowest BCUT2D eigenvalue weighted by Gasteiger charge is -2.21. The van der Waals surface area contributed by atoms with Crippen LogP contribution in [0.4, 0.5) is 0 Å². The molecule has 6 nitrogen and oxygen atoms in total. The lowest BCUT2D eigenvalue weighted by atomic mass is 10.1. The maximum absolute atomic E-state index is 12.0. The molecule has 4 rings (SSSR count). The smallest absolute Gasteiger partial charge is 0.250 e. The number of hydrogen-bond acceptors (Lipinski definition) is 5. The van der Waals surface area contributed by atoms with E-state index in [9.17, 15) is 4.79 Å². The number of benzene rings is 1. The molecule has 26 heavy (non-hydrogen) atoms. The van der Waals surface area contributed by atoms with E-state index in [2.05, 4.69) is 9.55 Å². The number of aromatic nitrogens is 3. The average molecular weight is 390 g/mol. The zero-order valence-electron chi connectivity index (χ0n) is 14.5. The third-order valence-corrected chi connectivity index (χ3v) is 5.83. The predicted molar refractivity (Wildman–Crippen MR) is 106 cm³/mol. The van der Waals surface area contributed by atoms with Gasteiger partial charge in [0, 0.05) is 42.3 Å². The van der Waals surface area contributed by atoms with Gasteiger partial charge in [-0.05, 0) is 30.9 Å². The van der Waals surface area contributed by atoms with E-state index in [-0.39, 0.29) is 6.04 Å². The summed E-state index contributed by atoms with van der Waals surface area (Å²) in [4.78, 5) is 21.1. The van der Waals surface area contributed by atoms with Crippen LogP contribution in [0.15, 0.2) is 29.7 Å². The number of nitrogens with two attached hydrogens (primary N) is 1. The van der Waals surface area contributed by atoms with Gasteiger partial charge in [-0.2, -0.15) is 0 Å². The molecule has 2 aromatic heterocycles. The summed E-state index contributed by atoms with van der Waals surface area (Å²) in [6.45, 7) is 1.60. The van der Waals surface area contributed by atoms with Gasteiger partial charge in [-0.25, -0.2) is 14.4 Å². The summed E-state index contributed by atoms with van der Waals surface area (Å²) in [6.07, 6.45) is 8.81. The first-order valence-electron chi connectivity index (χ1n) is 8.63. The highest BCUT2D eigenvalue weighted by Crippen LogP contribution is 2.34. The molecule has 0 spiro atoms. The topological polar surface area (TPSA) is 77.0 Å². The molecule has 1 unspecified atom stereocenters. The summed E-state index contributed by atoms with van der Waals surface area (Å²) in [5.41, 5.74) is 7.96. The first-order chi connectivity index (χ1) is 12.6. The van der Waals surface area contributed by atoms with E-state index in [0.29, 0.717) is 10.7 Å². The molecule has 1 aliphatic rings. The predicted octanol–water partition coefficient (Wildman–Crippen LogP) is 3.59. The average Bonchev–Trinajstić information content (AvgIpc) is 2.91. The fourth-order valence-corrected chi connectivity index (χ4v) is 4.32. The van der Waals surface area contributed by atoms with Gasteiger partial charge in [-0.1, -0.05) is 30.3 Å². The Morgan fingerprint density at radius 3 is 3.00 bits per heavy atom. The number of halogens is 1. The third kappa shape index (κ3) is 3.04. The number of rotatable bonds is 3. The van der Waals surface area contributed by atoms with Crippen molar-refractivity contribution in [2.24, 2.45) is 5.73 Å². The van der Waals surface area contributed by atoms with Crippen LogP contribution in [0.25, 0.3) is 21.8 Å². The molecule has 3 aromatic rings. The van der Waals surface area contributed by atoms with Crippen LogP contribution in [-0.4, -0.2) is 44.2 Å². The maximum Gasteiger partial charge on any atom is 0.250 e. The zero-order chi connectivity index (χ0) is 18.3. The minimum absolute atomic E-state index is 0.170. The first-order valence-corrected chi connectivity index (χ1v) is 10.2. The van der Waals surface area contributed by atoms with E-state index < -0.39 is 5.91 Å². The molecule has 3 heterocycles. The fourth-order valence-electron chi connectivity index (χ4n) is 3.70. The van der Waals surface area contributed by atoms with Crippen molar-refractivity contribution < 1.29 is 4.79 Å². The van der Waals surface area contributed by atoms with E-state index in [1.807, 2.05) is 35.2 Å². The van der Waals surface area contributed by atoms with Gasteiger partial charge in [0.05, 0.1) is 16.6 Å². The standard InChI is InChI=1S/C18H20ClN5OS/c1-26-18-21-8-11-5-6-13-14(17(20)25)10-24(16(13)15(11)22-18)12-4-2-3-7-23(19)9-12/h5-6,8,10,12H,2-4,7,9H2,1H3,(H2,20,25).